The zero-order chi connectivity index (χ0) is 23.3. The highest BCUT2D eigenvalue weighted by Gasteiger charge is 2.32. The van der Waals surface area contributed by atoms with Crippen molar-refractivity contribution in [2.24, 2.45) is 5.92 Å². The summed E-state index contributed by atoms with van der Waals surface area (Å²) >= 11 is 0. The van der Waals surface area contributed by atoms with Gasteiger partial charge >= 0.3 is 18.2 Å². The first-order valence-corrected chi connectivity index (χ1v) is 9.64. The van der Waals surface area contributed by atoms with Crippen LogP contribution < -0.4 is 10.1 Å². The summed E-state index contributed by atoms with van der Waals surface area (Å²) in [6, 6.07) is 3.31. The highest BCUT2D eigenvalue weighted by molar-refractivity contribution is 5.81. The van der Waals surface area contributed by atoms with E-state index in [9.17, 15) is 22.8 Å². The molecule has 0 bridgehead atoms. The van der Waals surface area contributed by atoms with Crippen LogP contribution in [0.5, 0.6) is 5.75 Å². The second kappa shape index (κ2) is 10.0. The summed E-state index contributed by atoms with van der Waals surface area (Å²) < 4.78 is 54.3. The Morgan fingerprint density at radius 3 is 1.93 bits per heavy atom. The smallest absolute Gasteiger partial charge is 0.416 e. The summed E-state index contributed by atoms with van der Waals surface area (Å²) in [5.41, 5.74) is -1.49. The molecule has 9 heteroatoms. The van der Waals surface area contributed by atoms with Crippen LogP contribution in [0.2, 0.25) is 0 Å². The molecule has 0 saturated carbocycles. The molecule has 0 aliphatic heterocycles. The lowest BCUT2D eigenvalue weighted by Gasteiger charge is -2.29. The van der Waals surface area contributed by atoms with Crippen LogP contribution in [0, 0.1) is 5.92 Å². The van der Waals surface area contributed by atoms with Crippen LogP contribution in [0.15, 0.2) is 24.3 Å². The lowest BCUT2D eigenvalue weighted by molar-refractivity contribution is -0.158. The molecule has 1 N–H and O–H groups in total. The summed E-state index contributed by atoms with van der Waals surface area (Å²) in [4.78, 5) is 24.2. The third kappa shape index (κ3) is 8.51. The predicted molar refractivity (Wildman–Crippen MR) is 105 cm³/mol. The Kier molecular flexibility index (Phi) is 8.56. The summed E-state index contributed by atoms with van der Waals surface area (Å²) in [7, 11) is 0. The van der Waals surface area contributed by atoms with E-state index in [0.29, 0.717) is 0 Å². The van der Waals surface area contributed by atoms with E-state index in [1.807, 2.05) is 13.8 Å². The van der Waals surface area contributed by atoms with E-state index in [4.69, 9.17) is 14.2 Å². The Hall–Kier alpha value is -2.45. The number of carbonyl (C=O) groups excluding carboxylic acids is 2. The van der Waals surface area contributed by atoms with E-state index >= 15 is 0 Å². The Balaban J connectivity index is 2.74. The second-order valence-corrected chi connectivity index (χ2v) is 8.36. The molecular formula is C21H30F3NO5. The van der Waals surface area contributed by atoms with Crippen molar-refractivity contribution in [2.45, 2.75) is 78.5 Å². The van der Waals surface area contributed by atoms with Crippen LogP contribution in [0.3, 0.4) is 0 Å². The summed E-state index contributed by atoms with van der Waals surface area (Å²) in [5, 5.41) is 2.41. The molecule has 1 amide bonds. The number of carbonyl (C=O) groups is 2. The second-order valence-electron chi connectivity index (χ2n) is 8.36. The summed E-state index contributed by atoms with van der Waals surface area (Å²) in [6.07, 6.45) is -6.51. The first kappa shape index (κ1) is 25.6. The average Bonchev–Trinajstić information content (AvgIpc) is 2.56. The molecule has 0 spiro atoms. The quantitative estimate of drug-likeness (QED) is 0.616. The molecular weight excluding hydrogens is 403 g/mol. The van der Waals surface area contributed by atoms with Crippen LogP contribution in [-0.4, -0.2) is 35.9 Å². The minimum Gasteiger partial charge on any atom is -0.487 e. The van der Waals surface area contributed by atoms with Crippen molar-refractivity contribution < 1.29 is 37.0 Å². The molecule has 0 saturated heterocycles. The Morgan fingerprint density at radius 2 is 1.50 bits per heavy atom. The Labute approximate surface area is 175 Å². The highest BCUT2D eigenvalue weighted by atomic mass is 19.4. The van der Waals surface area contributed by atoms with Gasteiger partial charge in [0, 0.05) is 0 Å². The number of esters is 1. The van der Waals surface area contributed by atoms with Crippen LogP contribution in [0.4, 0.5) is 18.0 Å². The van der Waals surface area contributed by atoms with Crippen molar-refractivity contribution in [1.29, 1.82) is 0 Å². The maximum absolute atomic E-state index is 12.7. The lowest BCUT2D eigenvalue weighted by atomic mass is 10.0. The number of alkyl carbamates (subject to hydrolysis) is 1. The van der Waals surface area contributed by atoms with Gasteiger partial charge in [0.25, 0.3) is 0 Å². The minimum atomic E-state index is -4.43. The maximum atomic E-state index is 12.7. The van der Waals surface area contributed by atoms with Crippen LogP contribution in [-0.2, 0) is 20.4 Å². The molecule has 170 valence electrons. The molecule has 0 aliphatic rings. The third-order valence-corrected chi connectivity index (χ3v) is 3.96. The van der Waals surface area contributed by atoms with Gasteiger partial charge in [-0.3, -0.25) is 0 Å². The predicted octanol–water partition coefficient (Wildman–Crippen LogP) is 4.95. The summed E-state index contributed by atoms with van der Waals surface area (Å²) in [6.45, 7) is 11.8. The standard InChI is InChI=1S/C21H30F3NO5/c1-12(2)17(29-18(26)13(3)25-19(27)30-20(5,6)7)14(4)28-16-10-8-15(9-11-16)21(22,23)24/h8-14,17H,1-7H3,(H,25,27)/t13-,14-,17?/m0/s1. The molecule has 3 atom stereocenters. The topological polar surface area (TPSA) is 73.9 Å². The number of ether oxygens (including phenoxy) is 3. The molecule has 6 nitrogen and oxygen atoms in total. The SMILES string of the molecule is CC(C)C(OC(=O)[C@H](C)NC(=O)OC(C)(C)C)[C@H](C)Oc1ccc(C(F)(F)F)cc1. The molecule has 30 heavy (non-hydrogen) atoms. The van der Waals surface area contributed by atoms with Crippen molar-refractivity contribution in [3.05, 3.63) is 29.8 Å². The van der Waals surface area contributed by atoms with Crippen molar-refractivity contribution in [3.63, 3.8) is 0 Å². The largest absolute Gasteiger partial charge is 0.487 e. The Morgan fingerprint density at radius 1 is 0.967 bits per heavy atom. The van der Waals surface area contributed by atoms with E-state index in [-0.39, 0.29) is 11.7 Å². The number of hydrogen-bond acceptors (Lipinski definition) is 5. The highest BCUT2D eigenvalue weighted by Crippen LogP contribution is 2.30. The van der Waals surface area contributed by atoms with Gasteiger partial charge in [0.15, 0.2) is 0 Å². The lowest BCUT2D eigenvalue weighted by Crippen LogP contribution is -2.46. The van der Waals surface area contributed by atoms with Gasteiger partial charge < -0.3 is 19.5 Å². The van der Waals surface area contributed by atoms with Crippen molar-refractivity contribution in [1.82, 2.24) is 5.32 Å². The summed E-state index contributed by atoms with van der Waals surface area (Å²) in [5.74, 6) is -0.605. The molecule has 1 aromatic rings. The number of hydrogen-bond donors (Lipinski definition) is 1. The fraction of sp³-hybridized carbons (Fsp3) is 0.619. The number of amides is 1. The van der Waals surface area contributed by atoms with E-state index in [1.54, 1.807) is 27.7 Å². The molecule has 0 aromatic heterocycles. The molecule has 0 aliphatic carbocycles. The molecule has 0 fully saturated rings. The van der Waals surface area contributed by atoms with Crippen molar-refractivity contribution in [3.8, 4) is 5.75 Å². The van der Waals surface area contributed by atoms with E-state index < -0.39 is 47.7 Å². The van der Waals surface area contributed by atoms with E-state index in [0.717, 1.165) is 12.1 Å². The van der Waals surface area contributed by atoms with Crippen LogP contribution >= 0.6 is 0 Å². The molecule has 0 radical (unpaired) electrons. The Bertz CT molecular complexity index is 711. The van der Waals surface area contributed by atoms with E-state index in [1.165, 1.54) is 19.1 Å². The van der Waals surface area contributed by atoms with Gasteiger partial charge in [-0.05, 0) is 64.8 Å². The van der Waals surface area contributed by atoms with E-state index in [2.05, 4.69) is 5.32 Å². The van der Waals surface area contributed by atoms with Gasteiger partial charge in [-0.15, -0.1) is 0 Å². The van der Waals surface area contributed by atoms with Gasteiger partial charge in [0.05, 0.1) is 5.56 Å². The molecule has 0 heterocycles. The van der Waals surface area contributed by atoms with Gasteiger partial charge in [-0.1, -0.05) is 13.8 Å². The van der Waals surface area contributed by atoms with Crippen LogP contribution in [0.25, 0.3) is 0 Å². The zero-order valence-electron chi connectivity index (χ0n) is 18.3. The number of rotatable bonds is 7. The maximum Gasteiger partial charge on any atom is 0.416 e. The van der Waals surface area contributed by atoms with Gasteiger partial charge in [-0.25, -0.2) is 9.59 Å². The fourth-order valence-corrected chi connectivity index (χ4v) is 2.56. The normalized spacial score (nSPS) is 15.2. The number of halogens is 3. The van der Waals surface area contributed by atoms with Gasteiger partial charge in [0.1, 0.15) is 29.6 Å². The van der Waals surface area contributed by atoms with Crippen molar-refractivity contribution in [2.75, 3.05) is 0 Å². The van der Waals surface area contributed by atoms with Crippen LogP contribution in [0.1, 0.15) is 54.0 Å². The first-order valence-electron chi connectivity index (χ1n) is 9.64. The molecule has 1 aromatic carbocycles. The first-order chi connectivity index (χ1) is 13.6. The number of alkyl halides is 3. The fourth-order valence-electron chi connectivity index (χ4n) is 2.56. The third-order valence-electron chi connectivity index (χ3n) is 3.96. The number of nitrogens with one attached hydrogen (secondary N) is 1. The van der Waals surface area contributed by atoms with Crippen molar-refractivity contribution >= 4 is 12.1 Å². The zero-order valence-corrected chi connectivity index (χ0v) is 18.3. The molecule has 1 rings (SSSR count). The average molecular weight is 433 g/mol. The molecule has 1 unspecified atom stereocenters. The minimum absolute atomic E-state index is 0.146. The van der Waals surface area contributed by atoms with Gasteiger partial charge in [0.2, 0.25) is 0 Å². The van der Waals surface area contributed by atoms with Gasteiger partial charge in [-0.2, -0.15) is 13.2 Å². The number of benzene rings is 1. The monoisotopic (exact) mass is 433 g/mol.